The lowest BCUT2D eigenvalue weighted by Gasteiger charge is -2.14. The van der Waals surface area contributed by atoms with Crippen LogP contribution in [-0.4, -0.2) is 36.6 Å². The van der Waals surface area contributed by atoms with Crippen LogP contribution in [0.25, 0.3) is 0 Å². The third-order valence-electron chi connectivity index (χ3n) is 4.51. The summed E-state index contributed by atoms with van der Waals surface area (Å²) in [6.07, 6.45) is 2.03. The van der Waals surface area contributed by atoms with Crippen LogP contribution < -0.4 is 31.4 Å². The highest BCUT2D eigenvalue weighted by Gasteiger charge is 2.13. The molecule has 0 unspecified atom stereocenters. The van der Waals surface area contributed by atoms with Gasteiger partial charge in [0, 0.05) is 11.6 Å². The predicted octanol–water partition coefficient (Wildman–Crippen LogP) is 3.79. The van der Waals surface area contributed by atoms with Crippen molar-refractivity contribution in [3.8, 4) is 11.5 Å². The van der Waals surface area contributed by atoms with Gasteiger partial charge in [0.15, 0.2) is 23.1 Å². The van der Waals surface area contributed by atoms with E-state index in [9.17, 15) is 4.79 Å². The molecule has 11 heteroatoms. The summed E-state index contributed by atoms with van der Waals surface area (Å²) < 4.78 is 10.6. The number of hydrogen-bond acceptors (Lipinski definition) is 8. The van der Waals surface area contributed by atoms with Crippen molar-refractivity contribution in [3.63, 3.8) is 0 Å². The SMILES string of the molecule is COc1ccc(CCNc2ncnc(NNC(=O)c3ccc(Cl)cc3Cl)c2N)cc1OC. The second-order valence-corrected chi connectivity index (χ2v) is 7.40. The van der Waals surface area contributed by atoms with E-state index in [-0.39, 0.29) is 22.1 Å². The fourth-order valence-electron chi connectivity index (χ4n) is 2.85. The number of carbonyl (C=O) groups is 1. The van der Waals surface area contributed by atoms with Crippen LogP contribution in [0.1, 0.15) is 15.9 Å². The van der Waals surface area contributed by atoms with E-state index >= 15 is 0 Å². The molecule has 168 valence electrons. The van der Waals surface area contributed by atoms with Crippen molar-refractivity contribution in [1.29, 1.82) is 0 Å². The zero-order valence-corrected chi connectivity index (χ0v) is 18.9. The van der Waals surface area contributed by atoms with Gasteiger partial charge in [0.05, 0.1) is 24.8 Å². The van der Waals surface area contributed by atoms with Crippen molar-refractivity contribution in [2.75, 3.05) is 37.2 Å². The molecule has 0 saturated carbocycles. The Bertz CT molecular complexity index is 1110. The highest BCUT2D eigenvalue weighted by molar-refractivity contribution is 6.36. The molecule has 9 nitrogen and oxygen atoms in total. The van der Waals surface area contributed by atoms with Crippen molar-refractivity contribution in [1.82, 2.24) is 15.4 Å². The number of nitrogens with two attached hydrogens (primary N) is 1. The third kappa shape index (κ3) is 5.63. The molecule has 0 radical (unpaired) electrons. The van der Waals surface area contributed by atoms with Crippen molar-refractivity contribution in [2.24, 2.45) is 0 Å². The van der Waals surface area contributed by atoms with Crippen LogP contribution in [0.3, 0.4) is 0 Å². The lowest BCUT2D eigenvalue weighted by molar-refractivity contribution is 0.0962. The number of methoxy groups -OCH3 is 2. The summed E-state index contributed by atoms with van der Waals surface area (Å²) in [4.78, 5) is 20.6. The number of benzene rings is 2. The molecular formula is C21H22Cl2N6O3. The first-order chi connectivity index (χ1) is 15.4. The molecular weight excluding hydrogens is 455 g/mol. The van der Waals surface area contributed by atoms with Crippen molar-refractivity contribution >= 4 is 46.4 Å². The first-order valence-electron chi connectivity index (χ1n) is 9.49. The highest BCUT2D eigenvalue weighted by Crippen LogP contribution is 2.28. The monoisotopic (exact) mass is 476 g/mol. The fourth-order valence-corrected chi connectivity index (χ4v) is 3.35. The van der Waals surface area contributed by atoms with E-state index in [1.54, 1.807) is 20.3 Å². The number of halogens is 2. The largest absolute Gasteiger partial charge is 0.493 e. The number of nitrogens with zero attached hydrogens (tertiary/aromatic N) is 2. The standard InChI is InChI=1S/C21H22Cl2N6O3/c1-31-16-6-3-12(9-17(16)32-2)7-8-25-19-18(24)20(27-11-26-19)28-29-21(30)14-5-4-13(22)10-15(14)23/h3-6,9-11H,7-8,24H2,1-2H3,(H,29,30)(H2,25,26,27,28). The Balaban J connectivity index is 1.60. The minimum atomic E-state index is -0.465. The van der Waals surface area contributed by atoms with Gasteiger partial charge in [0.25, 0.3) is 5.91 Å². The van der Waals surface area contributed by atoms with E-state index in [0.717, 1.165) is 5.56 Å². The Hall–Kier alpha value is -3.43. The van der Waals surface area contributed by atoms with Gasteiger partial charge in [-0.25, -0.2) is 9.97 Å². The van der Waals surface area contributed by atoms with Gasteiger partial charge in [-0.1, -0.05) is 29.3 Å². The maximum atomic E-state index is 12.4. The maximum Gasteiger partial charge on any atom is 0.271 e. The lowest BCUT2D eigenvalue weighted by atomic mass is 10.1. The van der Waals surface area contributed by atoms with Gasteiger partial charge >= 0.3 is 0 Å². The average molecular weight is 477 g/mol. The Labute approximate surface area is 195 Å². The van der Waals surface area contributed by atoms with Gasteiger partial charge < -0.3 is 20.5 Å². The van der Waals surface area contributed by atoms with E-state index in [2.05, 4.69) is 26.1 Å². The molecule has 0 aliphatic rings. The van der Waals surface area contributed by atoms with Crippen LogP contribution in [0.5, 0.6) is 11.5 Å². The molecule has 1 aromatic heterocycles. The molecule has 3 rings (SSSR count). The smallest absolute Gasteiger partial charge is 0.271 e. The van der Waals surface area contributed by atoms with Crippen molar-refractivity contribution in [2.45, 2.75) is 6.42 Å². The van der Waals surface area contributed by atoms with Crippen LogP contribution in [0.15, 0.2) is 42.7 Å². The summed E-state index contributed by atoms with van der Waals surface area (Å²) in [7, 11) is 3.19. The van der Waals surface area contributed by atoms with E-state index < -0.39 is 5.91 Å². The number of nitrogens with one attached hydrogen (secondary N) is 3. The summed E-state index contributed by atoms with van der Waals surface area (Å²) >= 11 is 11.9. The summed E-state index contributed by atoms with van der Waals surface area (Å²) in [6.45, 7) is 0.558. The number of ether oxygens (including phenoxy) is 2. The molecule has 3 aromatic rings. The molecule has 0 aliphatic heterocycles. The van der Waals surface area contributed by atoms with E-state index in [0.29, 0.717) is 35.3 Å². The summed E-state index contributed by atoms with van der Waals surface area (Å²) in [5.74, 6) is 1.54. The van der Waals surface area contributed by atoms with Gasteiger partial charge in [-0.15, -0.1) is 0 Å². The molecule has 1 amide bonds. The topological polar surface area (TPSA) is 123 Å². The number of carbonyl (C=O) groups excluding carboxylic acids is 1. The molecule has 0 aliphatic carbocycles. The van der Waals surface area contributed by atoms with Gasteiger partial charge in [-0.05, 0) is 42.3 Å². The quantitative estimate of drug-likeness (QED) is 0.343. The highest BCUT2D eigenvalue weighted by atomic mass is 35.5. The summed E-state index contributed by atoms with van der Waals surface area (Å²) in [6, 6.07) is 10.3. The lowest BCUT2D eigenvalue weighted by Crippen LogP contribution is -2.30. The first-order valence-corrected chi connectivity index (χ1v) is 10.2. The Morgan fingerprint density at radius 2 is 1.78 bits per heavy atom. The van der Waals surface area contributed by atoms with E-state index in [4.69, 9.17) is 38.4 Å². The molecule has 2 aromatic carbocycles. The van der Waals surface area contributed by atoms with Crippen molar-refractivity contribution < 1.29 is 14.3 Å². The number of hydrazine groups is 1. The third-order valence-corrected chi connectivity index (χ3v) is 5.06. The molecule has 0 spiro atoms. The van der Waals surface area contributed by atoms with Crippen LogP contribution in [-0.2, 0) is 6.42 Å². The minimum absolute atomic E-state index is 0.227. The van der Waals surface area contributed by atoms with Gasteiger partial charge in [-0.3, -0.25) is 15.6 Å². The van der Waals surface area contributed by atoms with E-state index in [1.807, 2.05) is 18.2 Å². The Morgan fingerprint density at radius 3 is 2.50 bits per heavy atom. The number of amides is 1. The number of anilines is 3. The second-order valence-electron chi connectivity index (χ2n) is 6.55. The normalized spacial score (nSPS) is 10.4. The zero-order valence-electron chi connectivity index (χ0n) is 17.4. The minimum Gasteiger partial charge on any atom is -0.493 e. The fraction of sp³-hybridized carbons (Fsp3) is 0.190. The van der Waals surface area contributed by atoms with Gasteiger partial charge in [-0.2, -0.15) is 0 Å². The average Bonchev–Trinajstić information content (AvgIpc) is 2.79. The molecule has 0 saturated heterocycles. The maximum absolute atomic E-state index is 12.4. The Kier molecular flexibility index (Phi) is 7.80. The van der Waals surface area contributed by atoms with E-state index in [1.165, 1.54) is 18.5 Å². The predicted molar refractivity (Wildman–Crippen MR) is 126 cm³/mol. The number of rotatable bonds is 9. The van der Waals surface area contributed by atoms with Crippen molar-refractivity contribution in [3.05, 3.63) is 63.9 Å². The van der Waals surface area contributed by atoms with Crippen LogP contribution in [0, 0.1) is 0 Å². The van der Waals surface area contributed by atoms with Crippen LogP contribution in [0.4, 0.5) is 17.3 Å². The zero-order chi connectivity index (χ0) is 23.1. The molecule has 0 atom stereocenters. The summed E-state index contributed by atoms with van der Waals surface area (Å²) in [5, 5.41) is 3.83. The number of nitrogen functional groups attached to an aromatic ring is 1. The summed E-state index contributed by atoms with van der Waals surface area (Å²) in [5.41, 5.74) is 12.9. The molecule has 32 heavy (non-hydrogen) atoms. The first kappa shape index (κ1) is 23.2. The molecule has 5 N–H and O–H groups in total. The van der Waals surface area contributed by atoms with Gasteiger partial charge in [0.1, 0.15) is 12.0 Å². The number of aromatic nitrogens is 2. The number of hydrogen-bond donors (Lipinski definition) is 4. The van der Waals surface area contributed by atoms with Crippen LogP contribution in [0.2, 0.25) is 10.0 Å². The molecule has 0 bridgehead atoms. The Morgan fingerprint density at radius 1 is 1.03 bits per heavy atom. The molecule has 1 heterocycles. The molecule has 0 fully saturated rings. The van der Waals surface area contributed by atoms with Crippen LogP contribution >= 0.6 is 23.2 Å². The van der Waals surface area contributed by atoms with Gasteiger partial charge in [0.2, 0.25) is 0 Å². The second kappa shape index (κ2) is 10.7.